The molecular formula is C20H23F3N2O2. The van der Waals surface area contributed by atoms with Gasteiger partial charge in [0.25, 0.3) is 0 Å². The number of nitrogens with one attached hydrogen (secondary N) is 2. The van der Waals surface area contributed by atoms with Gasteiger partial charge in [0.2, 0.25) is 5.91 Å². The van der Waals surface area contributed by atoms with Gasteiger partial charge in [-0.3, -0.25) is 4.79 Å². The van der Waals surface area contributed by atoms with Crippen LogP contribution in [0.4, 0.5) is 13.2 Å². The lowest BCUT2D eigenvalue weighted by Gasteiger charge is -2.14. The SMILES string of the molecule is CC[C@H](NC)C(=O)NCc1ccc(OCc2ccc(C(F)(F)F)cc2)cc1. The fraction of sp³-hybridized carbons (Fsp3) is 0.350. The van der Waals surface area contributed by atoms with Gasteiger partial charge in [0.15, 0.2) is 0 Å². The molecule has 2 N–H and O–H groups in total. The van der Waals surface area contributed by atoms with E-state index in [0.717, 1.165) is 17.7 Å². The molecule has 0 spiro atoms. The minimum absolute atomic E-state index is 0.0531. The molecule has 146 valence electrons. The van der Waals surface area contributed by atoms with Gasteiger partial charge >= 0.3 is 6.18 Å². The Hall–Kier alpha value is -2.54. The van der Waals surface area contributed by atoms with Crippen LogP contribution in [0.25, 0.3) is 0 Å². The number of hydrogen-bond acceptors (Lipinski definition) is 3. The monoisotopic (exact) mass is 380 g/mol. The number of alkyl halides is 3. The number of benzene rings is 2. The van der Waals surface area contributed by atoms with Crippen molar-refractivity contribution >= 4 is 5.91 Å². The summed E-state index contributed by atoms with van der Waals surface area (Å²) in [5, 5.41) is 5.81. The number of likely N-dealkylation sites (N-methyl/N-ethyl adjacent to an activating group) is 1. The summed E-state index contributed by atoms with van der Waals surface area (Å²) in [5.74, 6) is 0.550. The second-order valence-electron chi connectivity index (χ2n) is 6.09. The zero-order valence-corrected chi connectivity index (χ0v) is 15.3. The van der Waals surface area contributed by atoms with Gasteiger partial charge in [-0.2, -0.15) is 13.2 Å². The predicted octanol–water partition coefficient (Wildman–Crippen LogP) is 3.90. The first kappa shape index (κ1) is 20.8. The number of amides is 1. The number of carbonyl (C=O) groups is 1. The van der Waals surface area contributed by atoms with Crippen LogP contribution >= 0.6 is 0 Å². The number of hydrogen-bond donors (Lipinski definition) is 2. The maximum atomic E-state index is 12.5. The molecule has 2 aromatic carbocycles. The average molecular weight is 380 g/mol. The molecule has 2 rings (SSSR count). The molecule has 0 aromatic heterocycles. The fourth-order valence-electron chi connectivity index (χ4n) is 2.49. The van der Waals surface area contributed by atoms with Gasteiger partial charge in [0, 0.05) is 6.54 Å². The summed E-state index contributed by atoms with van der Waals surface area (Å²) >= 11 is 0. The van der Waals surface area contributed by atoms with Crippen LogP contribution in [0.5, 0.6) is 5.75 Å². The molecule has 0 fully saturated rings. The van der Waals surface area contributed by atoms with Gasteiger partial charge in [0.05, 0.1) is 11.6 Å². The molecule has 4 nitrogen and oxygen atoms in total. The summed E-state index contributed by atoms with van der Waals surface area (Å²) in [5.41, 5.74) is 0.898. The minimum Gasteiger partial charge on any atom is -0.489 e. The van der Waals surface area contributed by atoms with Crippen molar-refractivity contribution in [1.82, 2.24) is 10.6 Å². The van der Waals surface area contributed by atoms with Crippen LogP contribution in [0.2, 0.25) is 0 Å². The van der Waals surface area contributed by atoms with Crippen molar-refractivity contribution in [2.24, 2.45) is 0 Å². The molecule has 1 amide bonds. The Morgan fingerprint density at radius 1 is 1.04 bits per heavy atom. The number of rotatable bonds is 8. The predicted molar refractivity (Wildman–Crippen MR) is 97.2 cm³/mol. The molecule has 0 heterocycles. The molecule has 0 aliphatic heterocycles. The molecule has 0 unspecified atom stereocenters. The van der Waals surface area contributed by atoms with Crippen LogP contribution in [-0.4, -0.2) is 19.0 Å². The van der Waals surface area contributed by atoms with E-state index < -0.39 is 11.7 Å². The molecule has 27 heavy (non-hydrogen) atoms. The molecule has 0 aliphatic carbocycles. The number of ether oxygens (including phenoxy) is 1. The summed E-state index contributed by atoms with van der Waals surface area (Å²) < 4.78 is 43.2. The summed E-state index contributed by atoms with van der Waals surface area (Å²) in [7, 11) is 1.75. The van der Waals surface area contributed by atoms with Crippen molar-refractivity contribution in [2.45, 2.75) is 38.7 Å². The van der Waals surface area contributed by atoms with E-state index in [1.807, 2.05) is 19.1 Å². The number of carbonyl (C=O) groups excluding carboxylic acids is 1. The van der Waals surface area contributed by atoms with E-state index in [1.165, 1.54) is 12.1 Å². The maximum absolute atomic E-state index is 12.5. The Bertz CT molecular complexity index is 724. The third kappa shape index (κ3) is 6.29. The molecule has 0 aliphatic rings. The van der Waals surface area contributed by atoms with Crippen LogP contribution < -0.4 is 15.4 Å². The van der Waals surface area contributed by atoms with Crippen LogP contribution in [0.1, 0.15) is 30.0 Å². The van der Waals surface area contributed by atoms with Gasteiger partial charge in [-0.1, -0.05) is 31.2 Å². The standard InChI is InChI=1S/C20H23F3N2O2/c1-3-18(24-2)19(26)25-12-14-6-10-17(11-7-14)27-13-15-4-8-16(9-5-15)20(21,22)23/h4-11,18,24H,3,12-13H2,1-2H3,(H,25,26)/t18-/m0/s1. The zero-order chi connectivity index (χ0) is 19.9. The second kappa shape index (κ2) is 9.41. The topological polar surface area (TPSA) is 50.4 Å². The first-order valence-electron chi connectivity index (χ1n) is 8.66. The number of halogens is 3. The van der Waals surface area contributed by atoms with Crippen LogP contribution in [0.3, 0.4) is 0 Å². The Morgan fingerprint density at radius 2 is 1.63 bits per heavy atom. The highest BCUT2D eigenvalue weighted by molar-refractivity contribution is 5.81. The second-order valence-corrected chi connectivity index (χ2v) is 6.09. The molecule has 0 saturated carbocycles. The van der Waals surface area contributed by atoms with Crippen molar-refractivity contribution in [3.05, 3.63) is 65.2 Å². The lowest BCUT2D eigenvalue weighted by molar-refractivity contribution is -0.137. The van der Waals surface area contributed by atoms with E-state index in [2.05, 4.69) is 10.6 Å². The van der Waals surface area contributed by atoms with E-state index in [4.69, 9.17) is 4.74 Å². The summed E-state index contributed by atoms with van der Waals surface area (Å²) in [6, 6.07) is 11.9. The molecular weight excluding hydrogens is 357 g/mol. The minimum atomic E-state index is -4.34. The van der Waals surface area contributed by atoms with E-state index in [9.17, 15) is 18.0 Å². The van der Waals surface area contributed by atoms with Gasteiger partial charge in [-0.25, -0.2) is 0 Å². The van der Waals surface area contributed by atoms with Crippen molar-refractivity contribution in [3.8, 4) is 5.75 Å². The van der Waals surface area contributed by atoms with E-state index in [0.29, 0.717) is 24.3 Å². The first-order valence-corrected chi connectivity index (χ1v) is 8.66. The van der Waals surface area contributed by atoms with Crippen molar-refractivity contribution in [2.75, 3.05) is 7.05 Å². The van der Waals surface area contributed by atoms with E-state index >= 15 is 0 Å². The van der Waals surface area contributed by atoms with Gasteiger partial charge in [-0.05, 0) is 48.9 Å². The lowest BCUT2D eigenvalue weighted by atomic mass is 10.1. The molecule has 7 heteroatoms. The van der Waals surface area contributed by atoms with Gasteiger partial charge in [-0.15, -0.1) is 0 Å². The highest BCUT2D eigenvalue weighted by atomic mass is 19.4. The largest absolute Gasteiger partial charge is 0.489 e. The lowest BCUT2D eigenvalue weighted by Crippen LogP contribution is -2.41. The molecule has 1 atom stereocenters. The Balaban J connectivity index is 1.84. The third-order valence-corrected chi connectivity index (χ3v) is 4.15. The Kier molecular flexibility index (Phi) is 7.24. The van der Waals surface area contributed by atoms with Crippen LogP contribution in [0, 0.1) is 0 Å². The maximum Gasteiger partial charge on any atom is 0.416 e. The summed E-state index contributed by atoms with van der Waals surface area (Å²) in [6.07, 6.45) is -3.63. The molecule has 2 aromatic rings. The fourth-order valence-corrected chi connectivity index (χ4v) is 2.49. The van der Waals surface area contributed by atoms with Crippen molar-refractivity contribution in [1.29, 1.82) is 0 Å². The smallest absolute Gasteiger partial charge is 0.416 e. The zero-order valence-electron chi connectivity index (χ0n) is 15.3. The van der Waals surface area contributed by atoms with E-state index in [1.54, 1.807) is 19.2 Å². The van der Waals surface area contributed by atoms with E-state index in [-0.39, 0.29) is 18.6 Å². The third-order valence-electron chi connectivity index (χ3n) is 4.15. The Morgan fingerprint density at radius 3 is 2.15 bits per heavy atom. The van der Waals surface area contributed by atoms with Crippen LogP contribution in [0.15, 0.2) is 48.5 Å². The molecule has 0 radical (unpaired) electrons. The van der Waals surface area contributed by atoms with Crippen LogP contribution in [-0.2, 0) is 24.1 Å². The molecule has 0 saturated heterocycles. The average Bonchev–Trinajstić information content (AvgIpc) is 2.66. The highest BCUT2D eigenvalue weighted by Crippen LogP contribution is 2.29. The van der Waals surface area contributed by atoms with Gasteiger partial charge in [0.1, 0.15) is 12.4 Å². The quantitative estimate of drug-likeness (QED) is 0.730. The summed E-state index contributed by atoms with van der Waals surface area (Å²) in [6.45, 7) is 2.52. The van der Waals surface area contributed by atoms with Crippen molar-refractivity contribution in [3.63, 3.8) is 0 Å². The van der Waals surface area contributed by atoms with Gasteiger partial charge < -0.3 is 15.4 Å². The Labute approximate surface area is 156 Å². The highest BCUT2D eigenvalue weighted by Gasteiger charge is 2.29. The normalized spacial score (nSPS) is 12.5. The van der Waals surface area contributed by atoms with Crippen molar-refractivity contribution < 1.29 is 22.7 Å². The molecule has 0 bridgehead atoms. The summed E-state index contributed by atoms with van der Waals surface area (Å²) in [4.78, 5) is 11.9. The first-order chi connectivity index (χ1) is 12.8.